The van der Waals surface area contributed by atoms with Crippen LogP contribution in [0.4, 0.5) is 11.9 Å². The van der Waals surface area contributed by atoms with Crippen molar-refractivity contribution in [2.45, 2.75) is 13.0 Å². The first-order chi connectivity index (χ1) is 13.5. The number of rotatable bonds is 4. The number of hydrogen-bond donors (Lipinski definition) is 2. The van der Waals surface area contributed by atoms with Crippen molar-refractivity contribution in [2.24, 2.45) is 0 Å². The van der Waals surface area contributed by atoms with E-state index in [-0.39, 0.29) is 17.5 Å². The average molecular weight is 393 g/mol. The van der Waals surface area contributed by atoms with Crippen molar-refractivity contribution in [1.29, 1.82) is 0 Å². The monoisotopic (exact) mass is 392 g/mol. The van der Waals surface area contributed by atoms with Gasteiger partial charge < -0.3 is 11.1 Å². The van der Waals surface area contributed by atoms with Crippen LogP contribution >= 0.6 is 11.6 Å². The Kier molecular flexibility index (Phi) is 4.67. The molecule has 0 amide bonds. The fourth-order valence-electron chi connectivity index (χ4n) is 3.15. The summed E-state index contributed by atoms with van der Waals surface area (Å²) in [6.07, 6.45) is 1.34. The second kappa shape index (κ2) is 7.28. The van der Waals surface area contributed by atoms with Gasteiger partial charge in [0.05, 0.1) is 16.5 Å². The van der Waals surface area contributed by atoms with Crippen LogP contribution < -0.4 is 16.6 Å². The van der Waals surface area contributed by atoms with Gasteiger partial charge in [-0.05, 0) is 36.6 Å². The molecule has 8 heteroatoms. The molecule has 2 heterocycles. The number of para-hydroxylation sites is 1. The number of nitrogen functional groups attached to an aromatic ring is 1. The Morgan fingerprint density at radius 3 is 2.64 bits per heavy atom. The minimum absolute atomic E-state index is 0.121. The molecule has 0 fully saturated rings. The molecular weight excluding hydrogens is 376 g/mol. The highest BCUT2D eigenvalue weighted by atomic mass is 35.5. The lowest BCUT2D eigenvalue weighted by Gasteiger charge is -2.21. The maximum atomic E-state index is 13.4. The number of nitrogens with two attached hydrogens (primary N) is 1. The van der Waals surface area contributed by atoms with Gasteiger partial charge in [-0.15, -0.1) is 0 Å². The largest absolute Gasteiger partial charge is 0.368 e. The van der Waals surface area contributed by atoms with Gasteiger partial charge >= 0.3 is 0 Å². The zero-order valence-corrected chi connectivity index (χ0v) is 15.8. The summed E-state index contributed by atoms with van der Waals surface area (Å²) in [5, 5.41) is 4.85. The van der Waals surface area contributed by atoms with Crippen molar-refractivity contribution in [1.82, 2.24) is 19.5 Å². The van der Waals surface area contributed by atoms with Gasteiger partial charge in [0, 0.05) is 11.4 Å². The molecule has 0 saturated carbocycles. The highest BCUT2D eigenvalue weighted by molar-refractivity contribution is 6.35. The first kappa shape index (κ1) is 17.9. The van der Waals surface area contributed by atoms with Gasteiger partial charge in [0.15, 0.2) is 0 Å². The summed E-state index contributed by atoms with van der Waals surface area (Å²) in [5.41, 5.74) is 6.93. The Bertz CT molecular complexity index is 1210. The fourth-order valence-corrected chi connectivity index (χ4v) is 3.41. The Morgan fingerprint density at radius 2 is 1.89 bits per heavy atom. The number of benzene rings is 2. The number of aromatic nitrogens is 4. The quantitative estimate of drug-likeness (QED) is 0.550. The minimum atomic E-state index is -0.293. The Balaban J connectivity index is 1.92. The van der Waals surface area contributed by atoms with Gasteiger partial charge in [0.25, 0.3) is 5.56 Å². The molecule has 0 unspecified atom stereocenters. The van der Waals surface area contributed by atoms with Gasteiger partial charge in [-0.25, -0.2) is 9.97 Å². The van der Waals surface area contributed by atoms with E-state index < -0.39 is 0 Å². The summed E-state index contributed by atoms with van der Waals surface area (Å²) in [7, 11) is 0. The van der Waals surface area contributed by atoms with Crippen LogP contribution in [-0.2, 0) is 0 Å². The molecule has 0 spiro atoms. The first-order valence-corrected chi connectivity index (χ1v) is 9.03. The van der Waals surface area contributed by atoms with Crippen LogP contribution in [0.3, 0.4) is 0 Å². The van der Waals surface area contributed by atoms with E-state index in [2.05, 4.69) is 20.3 Å². The molecule has 0 aliphatic rings. The summed E-state index contributed by atoms with van der Waals surface area (Å²) < 4.78 is 1.65. The second-order valence-corrected chi connectivity index (χ2v) is 6.69. The maximum absolute atomic E-state index is 13.4. The molecular formula is C20H17ClN6O. The van der Waals surface area contributed by atoms with E-state index in [1.54, 1.807) is 10.6 Å². The molecule has 0 saturated heterocycles. The number of halogens is 1. The molecule has 0 bridgehead atoms. The zero-order valence-electron chi connectivity index (χ0n) is 15.0. The maximum Gasteiger partial charge on any atom is 0.264 e. The van der Waals surface area contributed by atoms with Crippen molar-refractivity contribution in [3.05, 3.63) is 82.0 Å². The molecule has 4 aromatic rings. The van der Waals surface area contributed by atoms with Crippen molar-refractivity contribution >= 4 is 34.3 Å². The molecule has 2 aromatic carbocycles. The Labute approximate surface area is 165 Å². The third kappa shape index (κ3) is 3.27. The SMILES string of the molecule is C[C@H](Nc1ncnc(N)n1)c1cc2cccc(Cl)c2c(=O)n1-c1ccccc1. The van der Waals surface area contributed by atoms with Crippen LogP contribution in [0.2, 0.25) is 5.02 Å². The van der Waals surface area contributed by atoms with Crippen molar-refractivity contribution < 1.29 is 0 Å². The molecule has 0 aliphatic heterocycles. The molecule has 7 nitrogen and oxygen atoms in total. The van der Waals surface area contributed by atoms with Crippen LogP contribution in [0.15, 0.2) is 65.7 Å². The highest BCUT2D eigenvalue weighted by Gasteiger charge is 2.18. The number of hydrogen-bond acceptors (Lipinski definition) is 6. The van der Waals surface area contributed by atoms with Crippen LogP contribution in [0, 0.1) is 0 Å². The molecule has 2 aromatic heterocycles. The fraction of sp³-hybridized carbons (Fsp3) is 0.100. The van der Waals surface area contributed by atoms with Crippen molar-refractivity contribution in [2.75, 3.05) is 11.1 Å². The molecule has 0 aliphatic carbocycles. The second-order valence-electron chi connectivity index (χ2n) is 6.28. The average Bonchev–Trinajstić information content (AvgIpc) is 2.68. The minimum Gasteiger partial charge on any atom is -0.368 e. The van der Waals surface area contributed by atoms with E-state index in [4.69, 9.17) is 17.3 Å². The summed E-state index contributed by atoms with van der Waals surface area (Å²) in [6, 6.07) is 16.5. The number of nitrogens with one attached hydrogen (secondary N) is 1. The normalized spacial score (nSPS) is 12.1. The van der Waals surface area contributed by atoms with E-state index in [0.717, 1.165) is 16.8 Å². The molecule has 0 radical (unpaired) electrons. The van der Waals surface area contributed by atoms with E-state index in [0.29, 0.717) is 16.4 Å². The molecule has 28 heavy (non-hydrogen) atoms. The molecule has 3 N–H and O–H groups in total. The number of nitrogens with zero attached hydrogens (tertiary/aromatic N) is 4. The lowest BCUT2D eigenvalue weighted by Crippen LogP contribution is -2.26. The number of anilines is 2. The first-order valence-electron chi connectivity index (χ1n) is 8.65. The highest BCUT2D eigenvalue weighted by Crippen LogP contribution is 2.26. The Hall–Kier alpha value is -3.45. The van der Waals surface area contributed by atoms with E-state index in [9.17, 15) is 4.79 Å². The van der Waals surface area contributed by atoms with Gasteiger partial charge in [0.2, 0.25) is 11.9 Å². The van der Waals surface area contributed by atoms with Crippen LogP contribution in [0.1, 0.15) is 18.7 Å². The lowest BCUT2D eigenvalue weighted by molar-refractivity contribution is 0.766. The van der Waals surface area contributed by atoms with Crippen LogP contribution in [-0.4, -0.2) is 19.5 Å². The zero-order chi connectivity index (χ0) is 19.7. The van der Waals surface area contributed by atoms with Crippen molar-refractivity contribution in [3.63, 3.8) is 0 Å². The standard InChI is InChI=1S/C20H17ClN6O/c1-12(25-20-24-11-23-19(22)26-20)16-10-13-6-5-9-15(21)17(13)18(28)27(16)14-7-3-2-4-8-14/h2-12H,1H3,(H3,22,23,24,25,26)/t12-/m0/s1. The molecule has 4 rings (SSSR count). The van der Waals surface area contributed by atoms with Crippen LogP contribution in [0.25, 0.3) is 16.5 Å². The van der Waals surface area contributed by atoms with E-state index in [1.807, 2.05) is 55.5 Å². The van der Waals surface area contributed by atoms with Crippen LogP contribution in [0.5, 0.6) is 0 Å². The third-order valence-electron chi connectivity index (χ3n) is 4.42. The molecule has 140 valence electrons. The predicted octanol–water partition coefficient (Wildman–Crippen LogP) is 3.58. The molecule has 1 atom stereocenters. The summed E-state index contributed by atoms with van der Waals surface area (Å²) in [5.74, 6) is 0.452. The Morgan fingerprint density at radius 1 is 1.11 bits per heavy atom. The summed E-state index contributed by atoms with van der Waals surface area (Å²) >= 11 is 6.33. The van der Waals surface area contributed by atoms with E-state index in [1.165, 1.54) is 6.33 Å². The summed E-state index contributed by atoms with van der Waals surface area (Å²) in [4.78, 5) is 25.3. The summed E-state index contributed by atoms with van der Waals surface area (Å²) in [6.45, 7) is 1.92. The van der Waals surface area contributed by atoms with Crippen molar-refractivity contribution in [3.8, 4) is 5.69 Å². The van der Waals surface area contributed by atoms with Gasteiger partial charge in [0.1, 0.15) is 6.33 Å². The third-order valence-corrected chi connectivity index (χ3v) is 4.73. The number of pyridine rings is 1. The number of fused-ring (bicyclic) bond motifs is 1. The lowest BCUT2D eigenvalue weighted by atomic mass is 10.1. The van der Waals surface area contributed by atoms with Gasteiger partial charge in [-0.3, -0.25) is 9.36 Å². The topological polar surface area (TPSA) is 98.7 Å². The van der Waals surface area contributed by atoms with Gasteiger partial charge in [-0.2, -0.15) is 4.98 Å². The van der Waals surface area contributed by atoms with E-state index >= 15 is 0 Å². The predicted molar refractivity (Wildman–Crippen MR) is 111 cm³/mol. The smallest absolute Gasteiger partial charge is 0.264 e. The van der Waals surface area contributed by atoms with Gasteiger partial charge in [-0.1, -0.05) is 41.9 Å².